The first kappa shape index (κ1) is 16.2. The lowest BCUT2D eigenvalue weighted by molar-refractivity contribution is 0.0505. The fraction of sp³-hybridized carbons (Fsp3) is 0.316. The van der Waals surface area contributed by atoms with Gasteiger partial charge in [0.25, 0.3) is 0 Å². The van der Waals surface area contributed by atoms with E-state index < -0.39 is 0 Å². The number of hydrogen-bond acceptors (Lipinski definition) is 2. The summed E-state index contributed by atoms with van der Waals surface area (Å²) in [6.07, 6.45) is 2.66. The van der Waals surface area contributed by atoms with Crippen molar-refractivity contribution in [1.29, 1.82) is 0 Å². The molecule has 116 valence electrons. The molecule has 2 aromatic carbocycles. The lowest BCUT2D eigenvalue weighted by Gasteiger charge is -2.07. The number of esters is 1. The summed E-state index contributed by atoms with van der Waals surface area (Å²) in [5, 5.41) is 0. The van der Waals surface area contributed by atoms with Gasteiger partial charge in [-0.25, -0.2) is 9.18 Å². The Morgan fingerprint density at radius 1 is 1.05 bits per heavy atom. The van der Waals surface area contributed by atoms with E-state index in [4.69, 9.17) is 4.74 Å². The van der Waals surface area contributed by atoms with Gasteiger partial charge in [-0.3, -0.25) is 0 Å². The van der Waals surface area contributed by atoms with E-state index in [1.807, 2.05) is 13.0 Å². The molecule has 2 rings (SSSR count). The van der Waals surface area contributed by atoms with Gasteiger partial charge in [0.15, 0.2) is 0 Å². The standard InChI is InChI=1S/C19H21FO2/c1-3-5-14-6-11-17(18(20)13-14)15-7-9-16(10-8-15)19(21)22-12-4-2/h6-11,13H,3-5,12H2,1-2H3. The molecule has 0 atom stereocenters. The summed E-state index contributed by atoms with van der Waals surface area (Å²) >= 11 is 0. The van der Waals surface area contributed by atoms with Crippen LogP contribution in [0.4, 0.5) is 4.39 Å². The van der Waals surface area contributed by atoms with Crippen LogP contribution in [-0.2, 0) is 11.2 Å². The van der Waals surface area contributed by atoms with Crippen LogP contribution in [0.1, 0.15) is 42.6 Å². The normalized spacial score (nSPS) is 10.5. The van der Waals surface area contributed by atoms with Gasteiger partial charge >= 0.3 is 5.97 Å². The van der Waals surface area contributed by atoms with Gasteiger partial charge in [-0.15, -0.1) is 0 Å². The molecule has 0 unspecified atom stereocenters. The lowest BCUT2D eigenvalue weighted by Crippen LogP contribution is -2.05. The van der Waals surface area contributed by atoms with Crippen molar-refractivity contribution in [2.45, 2.75) is 33.1 Å². The Morgan fingerprint density at radius 3 is 2.36 bits per heavy atom. The van der Waals surface area contributed by atoms with Crippen molar-refractivity contribution in [3.05, 3.63) is 59.4 Å². The van der Waals surface area contributed by atoms with E-state index in [1.165, 1.54) is 0 Å². The number of rotatable bonds is 6. The first-order valence-electron chi connectivity index (χ1n) is 7.71. The second kappa shape index (κ2) is 7.74. The van der Waals surface area contributed by atoms with E-state index in [0.29, 0.717) is 17.7 Å². The Bertz CT molecular complexity index is 632. The van der Waals surface area contributed by atoms with Crippen LogP contribution in [0.3, 0.4) is 0 Å². The van der Waals surface area contributed by atoms with Crippen molar-refractivity contribution in [3.63, 3.8) is 0 Å². The SMILES string of the molecule is CCCOC(=O)c1ccc(-c2ccc(CCC)cc2F)cc1. The van der Waals surface area contributed by atoms with Crippen molar-refractivity contribution in [1.82, 2.24) is 0 Å². The van der Waals surface area contributed by atoms with Crippen LogP contribution in [0.25, 0.3) is 11.1 Å². The fourth-order valence-corrected chi connectivity index (χ4v) is 2.30. The fourth-order valence-electron chi connectivity index (χ4n) is 2.30. The smallest absolute Gasteiger partial charge is 0.338 e. The zero-order valence-electron chi connectivity index (χ0n) is 13.1. The second-order valence-corrected chi connectivity index (χ2v) is 5.28. The molecule has 0 saturated heterocycles. The van der Waals surface area contributed by atoms with Crippen molar-refractivity contribution in [2.75, 3.05) is 6.61 Å². The molecular weight excluding hydrogens is 279 g/mol. The van der Waals surface area contributed by atoms with Gasteiger partial charge in [-0.1, -0.05) is 44.5 Å². The maximum atomic E-state index is 14.2. The summed E-state index contributed by atoms with van der Waals surface area (Å²) in [6, 6.07) is 12.2. The Hall–Kier alpha value is -2.16. The maximum absolute atomic E-state index is 14.2. The van der Waals surface area contributed by atoms with E-state index in [-0.39, 0.29) is 11.8 Å². The number of ether oxygens (including phenoxy) is 1. The number of hydrogen-bond donors (Lipinski definition) is 0. The summed E-state index contributed by atoms with van der Waals surface area (Å²) < 4.78 is 19.3. The summed E-state index contributed by atoms with van der Waals surface area (Å²) in [7, 11) is 0. The zero-order chi connectivity index (χ0) is 15.9. The van der Waals surface area contributed by atoms with Crippen LogP contribution in [-0.4, -0.2) is 12.6 Å². The van der Waals surface area contributed by atoms with Crippen LogP contribution in [0, 0.1) is 5.82 Å². The Kier molecular flexibility index (Phi) is 5.70. The number of halogens is 1. The minimum absolute atomic E-state index is 0.229. The molecule has 0 N–H and O–H groups in total. The van der Waals surface area contributed by atoms with E-state index in [9.17, 15) is 9.18 Å². The molecular formula is C19H21FO2. The third-order valence-electron chi connectivity index (χ3n) is 3.44. The minimum atomic E-state index is -0.341. The van der Waals surface area contributed by atoms with Crippen LogP contribution in [0.2, 0.25) is 0 Å². The topological polar surface area (TPSA) is 26.3 Å². The van der Waals surface area contributed by atoms with Crippen LogP contribution in [0.5, 0.6) is 0 Å². The first-order valence-corrected chi connectivity index (χ1v) is 7.71. The summed E-state index contributed by atoms with van der Waals surface area (Å²) in [5.41, 5.74) is 2.80. The van der Waals surface area contributed by atoms with E-state index in [2.05, 4.69) is 6.92 Å². The van der Waals surface area contributed by atoms with Crippen LogP contribution < -0.4 is 0 Å². The third-order valence-corrected chi connectivity index (χ3v) is 3.44. The monoisotopic (exact) mass is 300 g/mol. The van der Waals surface area contributed by atoms with E-state index in [0.717, 1.165) is 30.4 Å². The molecule has 2 aromatic rings. The highest BCUT2D eigenvalue weighted by Gasteiger charge is 2.09. The molecule has 2 nitrogen and oxygen atoms in total. The highest BCUT2D eigenvalue weighted by molar-refractivity contribution is 5.90. The average Bonchev–Trinajstić information content (AvgIpc) is 2.53. The average molecular weight is 300 g/mol. The number of carbonyl (C=O) groups is 1. The molecule has 0 aliphatic heterocycles. The summed E-state index contributed by atoms with van der Waals surface area (Å²) in [6.45, 7) is 4.43. The molecule has 0 amide bonds. The van der Waals surface area contributed by atoms with Crippen molar-refractivity contribution in [3.8, 4) is 11.1 Å². The quantitative estimate of drug-likeness (QED) is 0.701. The summed E-state index contributed by atoms with van der Waals surface area (Å²) in [5.74, 6) is -0.570. The molecule has 0 saturated carbocycles. The highest BCUT2D eigenvalue weighted by Crippen LogP contribution is 2.24. The molecule has 0 aliphatic carbocycles. The number of aryl methyl sites for hydroxylation is 1. The van der Waals surface area contributed by atoms with Gasteiger partial charge in [0.05, 0.1) is 12.2 Å². The molecule has 0 aliphatic rings. The van der Waals surface area contributed by atoms with Crippen molar-refractivity contribution in [2.24, 2.45) is 0 Å². The van der Waals surface area contributed by atoms with Gasteiger partial charge in [0.2, 0.25) is 0 Å². The molecule has 3 heteroatoms. The first-order chi connectivity index (χ1) is 10.7. The van der Waals surface area contributed by atoms with Crippen LogP contribution in [0.15, 0.2) is 42.5 Å². The molecule has 0 spiro atoms. The predicted molar refractivity (Wildman–Crippen MR) is 86.4 cm³/mol. The number of carbonyl (C=O) groups excluding carboxylic acids is 1. The largest absolute Gasteiger partial charge is 0.462 e. The minimum Gasteiger partial charge on any atom is -0.462 e. The van der Waals surface area contributed by atoms with E-state index in [1.54, 1.807) is 36.4 Å². The Labute approximate surface area is 130 Å². The van der Waals surface area contributed by atoms with Gasteiger partial charge in [-0.2, -0.15) is 0 Å². The Balaban J connectivity index is 2.18. The van der Waals surface area contributed by atoms with Crippen LogP contribution >= 0.6 is 0 Å². The summed E-state index contributed by atoms with van der Waals surface area (Å²) in [4.78, 5) is 11.7. The molecule has 0 bridgehead atoms. The maximum Gasteiger partial charge on any atom is 0.338 e. The predicted octanol–water partition coefficient (Wildman–Crippen LogP) is 5.01. The van der Waals surface area contributed by atoms with Gasteiger partial charge < -0.3 is 4.74 Å². The van der Waals surface area contributed by atoms with E-state index >= 15 is 0 Å². The molecule has 0 aromatic heterocycles. The van der Waals surface area contributed by atoms with Gasteiger partial charge in [0.1, 0.15) is 5.82 Å². The lowest BCUT2D eigenvalue weighted by atomic mass is 10.0. The second-order valence-electron chi connectivity index (χ2n) is 5.28. The molecule has 0 fully saturated rings. The Morgan fingerprint density at radius 2 is 1.77 bits per heavy atom. The number of benzene rings is 2. The third kappa shape index (κ3) is 3.94. The van der Waals surface area contributed by atoms with Gasteiger partial charge in [-0.05, 0) is 42.2 Å². The highest BCUT2D eigenvalue weighted by atomic mass is 19.1. The molecule has 22 heavy (non-hydrogen) atoms. The van der Waals surface area contributed by atoms with Gasteiger partial charge in [0, 0.05) is 5.56 Å². The zero-order valence-corrected chi connectivity index (χ0v) is 13.1. The van der Waals surface area contributed by atoms with Crippen molar-refractivity contribution >= 4 is 5.97 Å². The molecule has 0 heterocycles. The van der Waals surface area contributed by atoms with Crippen molar-refractivity contribution < 1.29 is 13.9 Å². The molecule has 0 radical (unpaired) electrons.